The molecule has 1 heterocycles. The molecule has 0 fully saturated rings. The molecule has 0 spiro atoms. The molecule has 0 unspecified atom stereocenters. The molecule has 3 aromatic rings. The van der Waals surface area contributed by atoms with Gasteiger partial charge in [0.2, 0.25) is 11.0 Å². The van der Waals surface area contributed by atoms with Gasteiger partial charge in [-0.05, 0) is 23.8 Å². The van der Waals surface area contributed by atoms with Gasteiger partial charge in [0.1, 0.15) is 11.5 Å². The molecular formula is C20H19ClN4O4S2. The van der Waals surface area contributed by atoms with E-state index in [0.717, 1.165) is 5.56 Å². The summed E-state index contributed by atoms with van der Waals surface area (Å²) < 4.78 is 10.9. The summed E-state index contributed by atoms with van der Waals surface area (Å²) in [4.78, 5) is 24.6. The van der Waals surface area contributed by atoms with Crippen LogP contribution in [0.25, 0.3) is 0 Å². The predicted octanol–water partition coefficient (Wildman–Crippen LogP) is 3.87. The summed E-state index contributed by atoms with van der Waals surface area (Å²) in [7, 11) is 3.02. The molecule has 31 heavy (non-hydrogen) atoms. The molecule has 11 heteroatoms. The number of halogens is 1. The number of amides is 2. The number of aromatic nitrogens is 2. The number of rotatable bonds is 9. The predicted molar refractivity (Wildman–Crippen MR) is 121 cm³/mol. The van der Waals surface area contributed by atoms with Crippen molar-refractivity contribution in [2.75, 3.05) is 25.3 Å². The highest BCUT2D eigenvalue weighted by Gasteiger charge is 2.14. The summed E-state index contributed by atoms with van der Waals surface area (Å²) in [6, 6.07) is 12.2. The van der Waals surface area contributed by atoms with Crippen LogP contribution >= 0.6 is 34.7 Å². The van der Waals surface area contributed by atoms with Gasteiger partial charge in [-0.2, -0.15) is 0 Å². The highest BCUT2D eigenvalue weighted by Crippen LogP contribution is 2.27. The second-order valence-corrected chi connectivity index (χ2v) is 8.69. The van der Waals surface area contributed by atoms with Gasteiger partial charge in [-0.25, -0.2) is 0 Å². The number of thioether (sulfide) groups is 1. The number of benzene rings is 2. The number of methoxy groups -OCH3 is 2. The Morgan fingerprint density at radius 2 is 1.81 bits per heavy atom. The zero-order valence-corrected chi connectivity index (χ0v) is 19.1. The number of anilines is 1. The minimum Gasteiger partial charge on any atom is -0.497 e. The van der Waals surface area contributed by atoms with Gasteiger partial charge in [-0.1, -0.05) is 52.9 Å². The second-order valence-electron chi connectivity index (χ2n) is 6.09. The zero-order valence-electron chi connectivity index (χ0n) is 16.7. The van der Waals surface area contributed by atoms with Crippen LogP contribution in [0.2, 0.25) is 5.02 Å². The molecule has 0 saturated heterocycles. The van der Waals surface area contributed by atoms with Gasteiger partial charge in [-0.15, -0.1) is 10.2 Å². The van der Waals surface area contributed by atoms with Crippen LogP contribution in [-0.4, -0.2) is 42.0 Å². The Bertz CT molecular complexity index is 1050. The number of nitrogens with one attached hydrogen (secondary N) is 2. The van der Waals surface area contributed by atoms with Crippen molar-refractivity contribution in [1.29, 1.82) is 0 Å². The fraction of sp³-hybridized carbons (Fsp3) is 0.200. The Morgan fingerprint density at radius 3 is 2.48 bits per heavy atom. The molecule has 0 saturated carbocycles. The van der Waals surface area contributed by atoms with Crippen molar-refractivity contribution in [1.82, 2.24) is 15.5 Å². The SMILES string of the molecule is COc1cc(OC)cc(C(=O)Nc2nnc(SCC(=O)NCc3ccccc3Cl)s2)c1. The van der Waals surface area contributed by atoms with Crippen molar-refractivity contribution in [2.24, 2.45) is 0 Å². The average molecular weight is 479 g/mol. The molecule has 0 aliphatic carbocycles. The third-order valence-electron chi connectivity index (χ3n) is 4.00. The number of carbonyl (C=O) groups is 2. The maximum absolute atomic E-state index is 12.5. The molecule has 2 N–H and O–H groups in total. The van der Waals surface area contributed by atoms with Gasteiger partial charge in [0, 0.05) is 23.2 Å². The van der Waals surface area contributed by atoms with Crippen LogP contribution in [0.15, 0.2) is 46.8 Å². The van der Waals surface area contributed by atoms with Crippen molar-refractivity contribution in [3.05, 3.63) is 58.6 Å². The van der Waals surface area contributed by atoms with Gasteiger partial charge in [-0.3, -0.25) is 14.9 Å². The smallest absolute Gasteiger partial charge is 0.257 e. The number of nitrogens with zero attached hydrogens (tertiary/aromatic N) is 2. The lowest BCUT2D eigenvalue weighted by molar-refractivity contribution is -0.118. The van der Waals surface area contributed by atoms with Crippen LogP contribution in [-0.2, 0) is 11.3 Å². The van der Waals surface area contributed by atoms with E-state index in [-0.39, 0.29) is 17.6 Å². The highest BCUT2D eigenvalue weighted by molar-refractivity contribution is 8.01. The number of ether oxygens (including phenoxy) is 2. The van der Waals surface area contributed by atoms with Crippen LogP contribution in [0.1, 0.15) is 15.9 Å². The Kier molecular flexibility index (Phi) is 8.10. The van der Waals surface area contributed by atoms with E-state index in [9.17, 15) is 9.59 Å². The highest BCUT2D eigenvalue weighted by atomic mass is 35.5. The molecule has 1 aromatic heterocycles. The molecule has 0 aliphatic heterocycles. The summed E-state index contributed by atoms with van der Waals surface area (Å²) in [5.41, 5.74) is 1.21. The van der Waals surface area contributed by atoms with Crippen molar-refractivity contribution in [3.63, 3.8) is 0 Å². The molecule has 2 amide bonds. The Hall–Kier alpha value is -2.82. The molecule has 8 nitrogen and oxygen atoms in total. The van der Waals surface area contributed by atoms with E-state index in [1.165, 1.54) is 37.3 Å². The fourth-order valence-electron chi connectivity index (χ4n) is 2.44. The molecule has 0 aliphatic rings. The van der Waals surface area contributed by atoms with E-state index in [1.54, 1.807) is 24.3 Å². The van der Waals surface area contributed by atoms with E-state index >= 15 is 0 Å². The lowest BCUT2D eigenvalue weighted by atomic mass is 10.2. The van der Waals surface area contributed by atoms with E-state index in [4.69, 9.17) is 21.1 Å². The topological polar surface area (TPSA) is 102 Å². The molecule has 162 valence electrons. The van der Waals surface area contributed by atoms with Crippen LogP contribution < -0.4 is 20.1 Å². The van der Waals surface area contributed by atoms with E-state index in [1.807, 2.05) is 18.2 Å². The maximum atomic E-state index is 12.5. The standard InChI is InChI=1S/C20H19ClN4O4S2/c1-28-14-7-13(8-15(9-14)29-2)18(27)23-19-24-25-20(31-19)30-11-17(26)22-10-12-5-3-4-6-16(12)21/h3-9H,10-11H2,1-2H3,(H,22,26)(H,23,24,27). The third kappa shape index (κ3) is 6.58. The van der Waals surface area contributed by atoms with Crippen molar-refractivity contribution in [2.45, 2.75) is 10.9 Å². The zero-order chi connectivity index (χ0) is 22.2. The van der Waals surface area contributed by atoms with Gasteiger partial charge in [0.25, 0.3) is 5.91 Å². The van der Waals surface area contributed by atoms with Crippen molar-refractivity contribution in [3.8, 4) is 11.5 Å². The first-order valence-corrected chi connectivity index (χ1v) is 11.2. The minimum absolute atomic E-state index is 0.158. The molecule has 3 rings (SSSR count). The summed E-state index contributed by atoms with van der Waals surface area (Å²) in [5, 5.41) is 14.4. The Morgan fingerprint density at radius 1 is 1.10 bits per heavy atom. The summed E-state index contributed by atoms with van der Waals surface area (Å²) >= 11 is 8.49. The third-order valence-corrected chi connectivity index (χ3v) is 6.34. The second kappa shape index (κ2) is 11.0. The first-order chi connectivity index (χ1) is 15.0. The normalized spacial score (nSPS) is 10.4. The molecular weight excluding hydrogens is 460 g/mol. The number of hydrogen-bond donors (Lipinski definition) is 2. The summed E-state index contributed by atoms with van der Waals surface area (Å²) in [5.74, 6) is 0.637. The lowest BCUT2D eigenvalue weighted by Crippen LogP contribution is -2.24. The monoisotopic (exact) mass is 478 g/mol. The maximum Gasteiger partial charge on any atom is 0.257 e. The van der Waals surface area contributed by atoms with Crippen molar-refractivity contribution < 1.29 is 19.1 Å². The molecule has 2 aromatic carbocycles. The summed E-state index contributed by atoms with van der Waals surface area (Å²) in [6.07, 6.45) is 0. The number of hydrogen-bond acceptors (Lipinski definition) is 8. The van der Waals surface area contributed by atoms with Crippen LogP contribution in [0, 0.1) is 0 Å². The largest absolute Gasteiger partial charge is 0.497 e. The van der Waals surface area contributed by atoms with Crippen LogP contribution in [0.3, 0.4) is 0 Å². The van der Waals surface area contributed by atoms with E-state index in [2.05, 4.69) is 20.8 Å². The quantitative estimate of drug-likeness (QED) is 0.355. The van der Waals surface area contributed by atoms with E-state index in [0.29, 0.717) is 38.1 Å². The van der Waals surface area contributed by atoms with Gasteiger partial charge >= 0.3 is 0 Å². The van der Waals surface area contributed by atoms with E-state index < -0.39 is 0 Å². The minimum atomic E-state index is -0.373. The van der Waals surface area contributed by atoms with Crippen LogP contribution in [0.4, 0.5) is 5.13 Å². The van der Waals surface area contributed by atoms with Crippen LogP contribution in [0.5, 0.6) is 11.5 Å². The molecule has 0 bridgehead atoms. The molecule has 0 radical (unpaired) electrons. The summed E-state index contributed by atoms with van der Waals surface area (Å²) in [6.45, 7) is 0.348. The van der Waals surface area contributed by atoms with Crippen molar-refractivity contribution >= 4 is 51.6 Å². The fourth-order valence-corrected chi connectivity index (χ4v) is 4.22. The lowest BCUT2D eigenvalue weighted by Gasteiger charge is -2.07. The first-order valence-electron chi connectivity index (χ1n) is 8.99. The first kappa shape index (κ1) is 22.9. The van der Waals surface area contributed by atoms with Gasteiger partial charge in [0.15, 0.2) is 4.34 Å². The Labute approximate surface area is 192 Å². The Balaban J connectivity index is 1.51. The molecule has 0 atom stereocenters. The van der Waals surface area contributed by atoms with Gasteiger partial charge in [0.05, 0.1) is 20.0 Å². The van der Waals surface area contributed by atoms with Gasteiger partial charge < -0.3 is 14.8 Å². The average Bonchev–Trinajstić information content (AvgIpc) is 3.23. The number of carbonyl (C=O) groups excluding carboxylic acids is 2.